The lowest BCUT2D eigenvalue weighted by atomic mass is 9.80. The van der Waals surface area contributed by atoms with Crippen molar-refractivity contribution in [3.8, 4) is 11.5 Å². The molecule has 0 fully saturated rings. The minimum Gasteiger partial charge on any atom is -0.497 e. The van der Waals surface area contributed by atoms with Crippen LogP contribution < -0.4 is 9.47 Å². The molecule has 1 aromatic heterocycles. The lowest BCUT2D eigenvalue weighted by Crippen LogP contribution is -2.24. The highest BCUT2D eigenvalue weighted by Crippen LogP contribution is 2.51. The van der Waals surface area contributed by atoms with Crippen LogP contribution in [0.1, 0.15) is 34.2 Å². The van der Waals surface area contributed by atoms with Crippen molar-refractivity contribution in [2.24, 2.45) is 5.92 Å². The number of aromatic nitrogens is 1. The summed E-state index contributed by atoms with van der Waals surface area (Å²) in [6.07, 6.45) is 1.73. The van der Waals surface area contributed by atoms with E-state index in [9.17, 15) is 9.90 Å². The summed E-state index contributed by atoms with van der Waals surface area (Å²) in [5, 5.41) is 10.2. The van der Waals surface area contributed by atoms with Gasteiger partial charge >= 0.3 is 5.97 Å². The molecule has 3 atom stereocenters. The first-order chi connectivity index (χ1) is 13.6. The van der Waals surface area contributed by atoms with Crippen LogP contribution in [0.25, 0.3) is 0 Å². The smallest absolute Gasteiger partial charge is 0.308 e. The number of nitrogens with zero attached hydrogens (tertiary/aromatic N) is 1. The predicted molar refractivity (Wildman–Crippen MR) is 105 cm³/mol. The average Bonchev–Trinajstić information content (AvgIpc) is 3.09. The van der Waals surface area contributed by atoms with Gasteiger partial charge in [0, 0.05) is 18.0 Å². The van der Waals surface area contributed by atoms with Gasteiger partial charge in [-0.3, -0.25) is 9.78 Å². The fourth-order valence-corrected chi connectivity index (χ4v) is 4.17. The van der Waals surface area contributed by atoms with E-state index >= 15 is 0 Å². The molecule has 0 aliphatic heterocycles. The third kappa shape index (κ3) is 2.99. The van der Waals surface area contributed by atoms with Crippen LogP contribution in [-0.4, -0.2) is 30.3 Å². The summed E-state index contributed by atoms with van der Waals surface area (Å²) in [5.74, 6) is -0.606. The highest BCUT2D eigenvalue weighted by atomic mass is 16.5. The number of pyridine rings is 1. The summed E-state index contributed by atoms with van der Waals surface area (Å²) in [7, 11) is 3.23. The van der Waals surface area contributed by atoms with Crippen molar-refractivity contribution in [1.82, 2.24) is 4.98 Å². The second kappa shape index (κ2) is 7.35. The van der Waals surface area contributed by atoms with Crippen LogP contribution in [0.4, 0.5) is 0 Å². The predicted octanol–water partition coefficient (Wildman–Crippen LogP) is 4.08. The molecule has 142 valence electrons. The first kappa shape index (κ1) is 18.0. The van der Waals surface area contributed by atoms with E-state index in [0.717, 1.165) is 33.9 Å². The lowest BCUT2D eigenvalue weighted by molar-refractivity contribution is -0.142. The Labute approximate surface area is 163 Å². The molecule has 0 amide bonds. The molecule has 0 saturated carbocycles. The number of aliphatic carboxylic acids is 1. The number of carbonyl (C=O) groups is 1. The van der Waals surface area contributed by atoms with Gasteiger partial charge in [-0.1, -0.05) is 30.3 Å². The highest BCUT2D eigenvalue weighted by Gasteiger charge is 2.47. The molecule has 0 saturated heterocycles. The van der Waals surface area contributed by atoms with Crippen LogP contribution in [0, 0.1) is 5.92 Å². The number of methoxy groups -OCH3 is 2. The Morgan fingerprint density at radius 3 is 1.89 bits per heavy atom. The quantitative estimate of drug-likeness (QED) is 0.728. The number of hydrogen-bond acceptors (Lipinski definition) is 4. The van der Waals surface area contributed by atoms with Gasteiger partial charge < -0.3 is 14.6 Å². The van der Waals surface area contributed by atoms with Crippen molar-refractivity contribution in [2.45, 2.75) is 11.8 Å². The second-order valence-electron chi connectivity index (χ2n) is 6.84. The molecule has 3 unspecified atom stereocenters. The fraction of sp³-hybridized carbons (Fsp3) is 0.217. The van der Waals surface area contributed by atoms with Crippen molar-refractivity contribution in [3.05, 3.63) is 89.2 Å². The first-order valence-corrected chi connectivity index (χ1v) is 9.09. The SMILES string of the molecule is COc1ccc(C2c3cccnc3C(c3ccc(OC)cc3)C2C(=O)O)cc1. The summed E-state index contributed by atoms with van der Waals surface area (Å²) in [6.45, 7) is 0. The number of rotatable bonds is 5. The molecule has 5 nitrogen and oxygen atoms in total. The summed E-state index contributed by atoms with van der Waals surface area (Å²) >= 11 is 0. The Hall–Kier alpha value is -3.34. The highest BCUT2D eigenvalue weighted by molar-refractivity contribution is 5.77. The molecule has 0 bridgehead atoms. The zero-order valence-electron chi connectivity index (χ0n) is 15.7. The second-order valence-corrected chi connectivity index (χ2v) is 6.84. The standard InChI is InChI=1S/C23H21NO4/c1-27-16-9-5-14(6-10-16)19-18-4-3-13-24-22(18)20(21(19)23(25)26)15-7-11-17(28-2)12-8-15/h3-13,19-21H,1-2H3,(H,25,26). The van der Waals surface area contributed by atoms with E-state index < -0.39 is 11.9 Å². The van der Waals surface area contributed by atoms with Gasteiger partial charge in [0.05, 0.1) is 25.8 Å². The number of benzene rings is 2. The van der Waals surface area contributed by atoms with E-state index in [-0.39, 0.29) is 11.8 Å². The van der Waals surface area contributed by atoms with E-state index in [0.29, 0.717) is 0 Å². The maximum Gasteiger partial charge on any atom is 0.308 e. The van der Waals surface area contributed by atoms with Crippen LogP contribution in [0.15, 0.2) is 66.9 Å². The molecule has 1 heterocycles. The van der Waals surface area contributed by atoms with Gasteiger partial charge in [0.25, 0.3) is 0 Å². The molecule has 3 aromatic rings. The minimum atomic E-state index is -0.834. The third-order valence-electron chi connectivity index (χ3n) is 5.45. The monoisotopic (exact) mass is 375 g/mol. The average molecular weight is 375 g/mol. The Kier molecular flexibility index (Phi) is 4.74. The maximum atomic E-state index is 12.4. The fourth-order valence-electron chi connectivity index (χ4n) is 4.17. The van der Waals surface area contributed by atoms with Crippen molar-refractivity contribution < 1.29 is 19.4 Å². The van der Waals surface area contributed by atoms with Gasteiger partial charge in [-0.15, -0.1) is 0 Å². The summed E-state index contributed by atoms with van der Waals surface area (Å²) in [5.41, 5.74) is 3.64. The molecular formula is C23H21NO4. The van der Waals surface area contributed by atoms with E-state index in [1.165, 1.54) is 0 Å². The van der Waals surface area contributed by atoms with Crippen molar-refractivity contribution in [3.63, 3.8) is 0 Å². The summed E-state index contributed by atoms with van der Waals surface area (Å²) in [6, 6.07) is 19.0. The van der Waals surface area contributed by atoms with E-state index in [4.69, 9.17) is 9.47 Å². The lowest BCUT2D eigenvalue weighted by Gasteiger charge is -2.22. The minimum absolute atomic E-state index is 0.279. The molecule has 1 aliphatic carbocycles. The molecule has 5 heteroatoms. The zero-order chi connectivity index (χ0) is 19.7. The van der Waals surface area contributed by atoms with E-state index in [1.54, 1.807) is 20.4 Å². The molecule has 28 heavy (non-hydrogen) atoms. The molecule has 0 radical (unpaired) electrons. The van der Waals surface area contributed by atoms with Crippen molar-refractivity contribution >= 4 is 5.97 Å². The maximum absolute atomic E-state index is 12.4. The zero-order valence-corrected chi connectivity index (χ0v) is 15.7. The molecular weight excluding hydrogens is 354 g/mol. The van der Waals surface area contributed by atoms with Gasteiger partial charge in [0.2, 0.25) is 0 Å². The Balaban J connectivity index is 1.85. The Bertz CT molecular complexity index is 908. The normalized spacial score (nSPS) is 20.4. The van der Waals surface area contributed by atoms with Gasteiger partial charge in [0.15, 0.2) is 0 Å². The van der Waals surface area contributed by atoms with E-state index in [1.807, 2.05) is 60.7 Å². The number of ether oxygens (including phenoxy) is 2. The van der Waals surface area contributed by atoms with Crippen LogP contribution in [0.2, 0.25) is 0 Å². The van der Waals surface area contributed by atoms with Gasteiger partial charge in [0.1, 0.15) is 11.5 Å². The van der Waals surface area contributed by atoms with Crippen LogP contribution in [-0.2, 0) is 4.79 Å². The Morgan fingerprint density at radius 2 is 1.39 bits per heavy atom. The molecule has 0 spiro atoms. The molecule has 4 rings (SSSR count). The van der Waals surface area contributed by atoms with Gasteiger partial charge in [-0.05, 0) is 47.0 Å². The van der Waals surface area contributed by atoms with E-state index in [2.05, 4.69) is 4.98 Å². The number of carboxylic acids is 1. The third-order valence-corrected chi connectivity index (χ3v) is 5.45. The van der Waals surface area contributed by atoms with Crippen LogP contribution in [0.3, 0.4) is 0 Å². The van der Waals surface area contributed by atoms with Crippen molar-refractivity contribution in [2.75, 3.05) is 14.2 Å². The number of fused-ring (bicyclic) bond motifs is 1. The summed E-state index contributed by atoms with van der Waals surface area (Å²) in [4.78, 5) is 17.0. The largest absolute Gasteiger partial charge is 0.497 e. The van der Waals surface area contributed by atoms with Gasteiger partial charge in [-0.25, -0.2) is 0 Å². The number of hydrogen-bond donors (Lipinski definition) is 1. The summed E-state index contributed by atoms with van der Waals surface area (Å²) < 4.78 is 10.5. The molecule has 1 aliphatic rings. The van der Waals surface area contributed by atoms with Gasteiger partial charge in [-0.2, -0.15) is 0 Å². The van der Waals surface area contributed by atoms with Crippen LogP contribution in [0.5, 0.6) is 11.5 Å². The number of carboxylic acid groups (broad SMARTS) is 1. The van der Waals surface area contributed by atoms with Crippen LogP contribution >= 0.6 is 0 Å². The van der Waals surface area contributed by atoms with Crippen molar-refractivity contribution in [1.29, 1.82) is 0 Å². The molecule has 1 N–H and O–H groups in total. The molecule has 2 aromatic carbocycles. The topological polar surface area (TPSA) is 68.7 Å². The Morgan fingerprint density at radius 1 is 0.857 bits per heavy atom. The first-order valence-electron chi connectivity index (χ1n) is 9.09.